The molecule has 1 aliphatic heterocycles. The fourth-order valence-electron chi connectivity index (χ4n) is 3.57. The van der Waals surface area contributed by atoms with Crippen molar-refractivity contribution in [2.75, 3.05) is 0 Å². The zero-order valence-electron chi connectivity index (χ0n) is 16.0. The maximum absolute atomic E-state index is 12.7. The molecule has 2 fully saturated rings. The number of aliphatic hydroxyl groups is 1. The van der Waals surface area contributed by atoms with Crippen molar-refractivity contribution in [3.63, 3.8) is 0 Å². The lowest BCUT2D eigenvalue weighted by Gasteiger charge is -2.46. The Bertz CT molecular complexity index is 573. The molecule has 142 valence electrons. The normalized spacial score (nSPS) is 30.6. The molecule has 1 saturated heterocycles. The molecule has 0 aromatic carbocycles. The number of ether oxygens (including phenoxy) is 3. The van der Waals surface area contributed by atoms with Crippen LogP contribution >= 0.6 is 0 Å². The molecule has 25 heavy (non-hydrogen) atoms. The second kappa shape index (κ2) is 6.40. The van der Waals surface area contributed by atoms with E-state index in [-0.39, 0.29) is 5.97 Å². The number of hydrogen-bond acceptors (Lipinski definition) is 6. The van der Waals surface area contributed by atoms with Gasteiger partial charge in [0, 0.05) is 12.0 Å². The van der Waals surface area contributed by atoms with Crippen molar-refractivity contribution in [1.82, 2.24) is 0 Å². The van der Waals surface area contributed by atoms with Crippen LogP contribution in [0.5, 0.6) is 0 Å². The highest BCUT2D eigenvalue weighted by molar-refractivity contribution is 5.87. The van der Waals surface area contributed by atoms with Crippen molar-refractivity contribution in [2.45, 2.75) is 90.3 Å². The van der Waals surface area contributed by atoms with Crippen molar-refractivity contribution in [2.24, 2.45) is 5.41 Å². The topological polar surface area (TPSA) is 82.1 Å². The first kappa shape index (κ1) is 19.9. The van der Waals surface area contributed by atoms with Gasteiger partial charge in [-0.1, -0.05) is 6.58 Å². The highest BCUT2D eigenvalue weighted by Gasteiger charge is 2.63. The van der Waals surface area contributed by atoms with E-state index in [2.05, 4.69) is 6.58 Å². The maximum Gasteiger partial charge on any atom is 0.333 e. The number of carbonyl (C=O) groups excluding carboxylic acids is 2. The smallest absolute Gasteiger partial charge is 0.333 e. The predicted octanol–water partition coefficient (Wildman–Crippen LogP) is 2.52. The Kier molecular flexibility index (Phi) is 5.10. The van der Waals surface area contributed by atoms with Gasteiger partial charge in [-0.25, -0.2) is 4.79 Å². The van der Waals surface area contributed by atoms with E-state index in [4.69, 9.17) is 14.2 Å². The summed E-state index contributed by atoms with van der Waals surface area (Å²) in [5, 5.41) is 10.2. The minimum Gasteiger partial charge on any atom is -0.458 e. The van der Waals surface area contributed by atoms with Crippen molar-refractivity contribution in [1.29, 1.82) is 0 Å². The quantitative estimate of drug-likeness (QED) is 0.583. The third-order valence-electron chi connectivity index (χ3n) is 5.69. The summed E-state index contributed by atoms with van der Waals surface area (Å²) in [6.07, 6.45) is 0.0889. The molecule has 0 spiro atoms. The lowest BCUT2D eigenvalue weighted by molar-refractivity contribution is -0.198. The molecule has 0 radical (unpaired) electrons. The summed E-state index contributed by atoms with van der Waals surface area (Å²) >= 11 is 0. The summed E-state index contributed by atoms with van der Waals surface area (Å²) in [4.78, 5) is 24.5. The van der Waals surface area contributed by atoms with Crippen LogP contribution in [-0.2, 0) is 23.8 Å². The Labute approximate surface area is 149 Å². The average molecular weight is 354 g/mol. The highest BCUT2D eigenvalue weighted by Crippen LogP contribution is 2.54. The molecule has 4 atom stereocenters. The lowest BCUT2D eigenvalue weighted by Crippen LogP contribution is -2.54. The SMILES string of the molecule is C=C(C)C(=O)OC1CCC2(C(C)(C)OC(C)C(C)(C)O)CC1OC2=O. The van der Waals surface area contributed by atoms with Gasteiger partial charge in [-0.3, -0.25) is 4.79 Å². The number of rotatable bonds is 6. The van der Waals surface area contributed by atoms with Crippen molar-refractivity contribution in [3.05, 3.63) is 12.2 Å². The maximum atomic E-state index is 12.7. The number of hydrogen-bond donors (Lipinski definition) is 1. The van der Waals surface area contributed by atoms with Crippen LogP contribution in [0.3, 0.4) is 0 Å². The van der Waals surface area contributed by atoms with E-state index < -0.39 is 40.9 Å². The molecule has 1 N–H and O–H groups in total. The monoisotopic (exact) mass is 354 g/mol. The molecule has 6 heteroatoms. The molecule has 2 aliphatic rings. The van der Waals surface area contributed by atoms with E-state index in [1.165, 1.54) is 0 Å². The first-order valence-electron chi connectivity index (χ1n) is 8.78. The summed E-state index contributed by atoms with van der Waals surface area (Å²) in [6, 6.07) is 0. The van der Waals surface area contributed by atoms with Gasteiger partial charge in [0.1, 0.15) is 17.6 Å². The van der Waals surface area contributed by atoms with Gasteiger partial charge in [-0.05, 0) is 54.4 Å². The Morgan fingerprint density at radius 3 is 2.52 bits per heavy atom. The second-order valence-corrected chi connectivity index (χ2v) is 8.42. The third kappa shape index (κ3) is 3.60. The summed E-state index contributed by atoms with van der Waals surface area (Å²) < 4.78 is 17.1. The molecule has 2 bridgehead atoms. The molecular weight excluding hydrogens is 324 g/mol. The zero-order valence-corrected chi connectivity index (χ0v) is 16.0. The molecule has 0 amide bonds. The molecular formula is C19H30O6. The van der Waals surface area contributed by atoms with Gasteiger partial charge in [0.25, 0.3) is 0 Å². The van der Waals surface area contributed by atoms with Crippen LogP contribution in [0.4, 0.5) is 0 Å². The summed E-state index contributed by atoms with van der Waals surface area (Å²) in [6.45, 7) is 14.0. The van der Waals surface area contributed by atoms with Gasteiger partial charge in [-0.15, -0.1) is 0 Å². The van der Waals surface area contributed by atoms with Gasteiger partial charge in [0.15, 0.2) is 0 Å². The van der Waals surface area contributed by atoms with E-state index in [1.807, 2.05) is 13.8 Å². The van der Waals surface area contributed by atoms with E-state index in [1.54, 1.807) is 27.7 Å². The standard InChI is InChI=1S/C19H30O6/c1-11(2)15(20)23-13-8-9-19(10-14(13)24-16(19)21)18(6,7)25-12(3)17(4,5)22/h12-14,22H,1,8-10H2,2-7H3. The fraction of sp³-hybridized carbons (Fsp3) is 0.789. The van der Waals surface area contributed by atoms with Gasteiger partial charge >= 0.3 is 11.9 Å². The first-order chi connectivity index (χ1) is 11.3. The molecule has 1 aliphatic carbocycles. The highest BCUT2D eigenvalue weighted by atomic mass is 16.6. The van der Waals surface area contributed by atoms with Gasteiger partial charge in [-0.2, -0.15) is 0 Å². The van der Waals surface area contributed by atoms with Crippen molar-refractivity contribution < 1.29 is 28.9 Å². The van der Waals surface area contributed by atoms with Gasteiger partial charge < -0.3 is 19.3 Å². The molecule has 4 unspecified atom stereocenters. The van der Waals surface area contributed by atoms with E-state index >= 15 is 0 Å². The largest absolute Gasteiger partial charge is 0.458 e. The average Bonchev–Trinajstić information content (AvgIpc) is 2.74. The minimum atomic E-state index is -1.02. The van der Waals surface area contributed by atoms with E-state index in [0.29, 0.717) is 24.8 Å². The zero-order chi connectivity index (χ0) is 19.2. The first-order valence-corrected chi connectivity index (χ1v) is 8.78. The Hall–Kier alpha value is -1.40. The van der Waals surface area contributed by atoms with Gasteiger partial charge in [0.05, 0.1) is 17.3 Å². The number of fused-ring (bicyclic) bond motifs is 2. The van der Waals surface area contributed by atoms with E-state index in [0.717, 1.165) is 0 Å². The summed E-state index contributed by atoms with van der Waals surface area (Å²) in [5.74, 6) is -0.786. The van der Waals surface area contributed by atoms with Crippen LogP contribution in [0.2, 0.25) is 0 Å². The third-order valence-corrected chi connectivity index (χ3v) is 5.69. The fourth-order valence-corrected chi connectivity index (χ4v) is 3.57. The summed E-state index contributed by atoms with van der Waals surface area (Å²) in [5.41, 5.74) is -2.32. The Morgan fingerprint density at radius 1 is 1.40 bits per heavy atom. The summed E-state index contributed by atoms with van der Waals surface area (Å²) in [7, 11) is 0. The molecule has 2 rings (SSSR count). The Morgan fingerprint density at radius 2 is 2.00 bits per heavy atom. The predicted molar refractivity (Wildman–Crippen MR) is 91.8 cm³/mol. The van der Waals surface area contributed by atoms with Crippen LogP contribution in [0, 0.1) is 5.41 Å². The molecule has 1 saturated carbocycles. The van der Waals surface area contributed by atoms with Crippen molar-refractivity contribution in [3.8, 4) is 0 Å². The van der Waals surface area contributed by atoms with Crippen LogP contribution in [0.15, 0.2) is 12.2 Å². The molecule has 1 heterocycles. The second-order valence-electron chi connectivity index (χ2n) is 8.42. The lowest BCUT2D eigenvalue weighted by atomic mass is 9.64. The number of carbonyl (C=O) groups is 2. The van der Waals surface area contributed by atoms with Crippen LogP contribution in [0.1, 0.15) is 60.8 Å². The van der Waals surface area contributed by atoms with Crippen LogP contribution in [-0.4, -0.2) is 46.6 Å². The van der Waals surface area contributed by atoms with Crippen molar-refractivity contribution >= 4 is 11.9 Å². The van der Waals surface area contributed by atoms with E-state index in [9.17, 15) is 14.7 Å². The molecule has 0 aromatic heterocycles. The van der Waals surface area contributed by atoms with Gasteiger partial charge in [0.2, 0.25) is 0 Å². The Balaban J connectivity index is 2.16. The molecule has 6 nitrogen and oxygen atoms in total. The van der Waals surface area contributed by atoms with Crippen LogP contribution in [0.25, 0.3) is 0 Å². The number of esters is 2. The minimum absolute atomic E-state index is 0.320. The van der Waals surface area contributed by atoms with Crippen LogP contribution < -0.4 is 0 Å². The molecule has 0 aromatic rings.